The molecule has 1 aromatic rings. The lowest BCUT2D eigenvalue weighted by atomic mass is 9.97. The van der Waals surface area contributed by atoms with Crippen molar-refractivity contribution in [3.63, 3.8) is 0 Å². The van der Waals surface area contributed by atoms with Crippen LogP contribution in [0.3, 0.4) is 0 Å². The van der Waals surface area contributed by atoms with Crippen LogP contribution in [-0.2, 0) is 13.9 Å². The van der Waals surface area contributed by atoms with Gasteiger partial charge in [0.25, 0.3) is 5.56 Å². The van der Waals surface area contributed by atoms with Crippen LogP contribution in [-0.4, -0.2) is 66.2 Å². The smallest absolute Gasteiger partial charge is 0.330 e. The van der Waals surface area contributed by atoms with Crippen LogP contribution in [0.25, 0.3) is 0 Å². The molecule has 0 aliphatic carbocycles. The highest BCUT2D eigenvalue weighted by molar-refractivity contribution is 6.74. The molecule has 1 aliphatic heterocycles. The number of methoxy groups -OCH3 is 1. The van der Waals surface area contributed by atoms with Gasteiger partial charge in [0, 0.05) is 19.4 Å². The number of aliphatic hydroxyl groups excluding tert-OH is 2. The first kappa shape index (κ1) is 22.0. The largest absolute Gasteiger partial charge is 0.408 e. The van der Waals surface area contributed by atoms with Crippen molar-refractivity contribution in [2.75, 3.05) is 20.3 Å². The molecule has 2 heterocycles. The lowest BCUT2D eigenvalue weighted by molar-refractivity contribution is -0.148. The molecule has 0 aromatic carbocycles. The molecule has 0 radical (unpaired) electrons. The molecule has 0 unspecified atom stereocenters. The van der Waals surface area contributed by atoms with Gasteiger partial charge in [-0.2, -0.15) is 0 Å². The van der Waals surface area contributed by atoms with Gasteiger partial charge in [-0.05, 0) is 18.1 Å². The van der Waals surface area contributed by atoms with Crippen LogP contribution >= 0.6 is 0 Å². The zero-order chi connectivity index (χ0) is 20.6. The monoisotopic (exact) mass is 402 g/mol. The van der Waals surface area contributed by atoms with Crippen molar-refractivity contribution >= 4 is 8.32 Å². The van der Waals surface area contributed by atoms with Crippen LogP contribution < -0.4 is 11.2 Å². The summed E-state index contributed by atoms with van der Waals surface area (Å²) in [6, 6.07) is 1.19. The third kappa shape index (κ3) is 3.96. The first-order valence-corrected chi connectivity index (χ1v) is 11.7. The molecule has 10 heteroatoms. The number of H-pyrrole nitrogens is 1. The van der Waals surface area contributed by atoms with Gasteiger partial charge in [0.05, 0.1) is 13.2 Å². The van der Waals surface area contributed by atoms with Gasteiger partial charge in [0.15, 0.2) is 14.5 Å². The van der Waals surface area contributed by atoms with Crippen molar-refractivity contribution in [1.29, 1.82) is 0 Å². The maximum absolute atomic E-state index is 12.2. The Balaban J connectivity index is 2.53. The van der Waals surface area contributed by atoms with E-state index in [0.717, 1.165) is 0 Å². The first-order chi connectivity index (χ1) is 12.4. The average molecular weight is 403 g/mol. The number of aromatic nitrogens is 2. The Kier molecular flexibility index (Phi) is 6.20. The number of aromatic amines is 1. The Bertz CT molecular complexity index is 764. The molecule has 154 valence electrons. The minimum absolute atomic E-state index is 0.130. The second kappa shape index (κ2) is 7.61. The van der Waals surface area contributed by atoms with Gasteiger partial charge in [-0.15, -0.1) is 0 Å². The van der Waals surface area contributed by atoms with Gasteiger partial charge in [-0.25, -0.2) is 4.79 Å². The summed E-state index contributed by atoms with van der Waals surface area (Å²) in [6.07, 6.45) is -1.26. The molecule has 3 N–H and O–H groups in total. The predicted octanol–water partition coefficient (Wildman–Crippen LogP) is 0.194. The van der Waals surface area contributed by atoms with Crippen LogP contribution in [0.1, 0.15) is 27.0 Å². The van der Waals surface area contributed by atoms with E-state index in [0.29, 0.717) is 0 Å². The SMILES string of the molecule is CO[C@H]1[C@H](n2ccc(=O)[nH]c2=O)OC(CO)(CO)[C@H]1O[Si](C)(C)C(C)(C)C. The van der Waals surface area contributed by atoms with Crippen molar-refractivity contribution in [2.45, 2.75) is 62.9 Å². The summed E-state index contributed by atoms with van der Waals surface area (Å²) in [5, 5.41) is 19.9. The summed E-state index contributed by atoms with van der Waals surface area (Å²) in [4.78, 5) is 25.8. The second-order valence-electron chi connectivity index (χ2n) is 8.41. The van der Waals surface area contributed by atoms with Crippen molar-refractivity contribution in [2.24, 2.45) is 0 Å². The molecule has 0 bridgehead atoms. The fourth-order valence-corrected chi connectivity index (χ4v) is 4.22. The zero-order valence-electron chi connectivity index (χ0n) is 16.7. The maximum atomic E-state index is 12.2. The van der Waals surface area contributed by atoms with E-state index in [1.807, 2.05) is 13.1 Å². The molecule has 0 amide bonds. The van der Waals surface area contributed by atoms with Crippen LogP contribution in [0.5, 0.6) is 0 Å². The third-order valence-corrected chi connectivity index (χ3v) is 10.1. The van der Waals surface area contributed by atoms with Crippen LogP contribution in [0, 0.1) is 0 Å². The van der Waals surface area contributed by atoms with Gasteiger partial charge in [0.1, 0.15) is 17.8 Å². The Morgan fingerprint density at radius 3 is 2.33 bits per heavy atom. The van der Waals surface area contributed by atoms with Crippen molar-refractivity contribution in [1.82, 2.24) is 9.55 Å². The highest BCUT2D eigenvalue weighted by atomic mass is 28.4. The molecule has 2 rings (SSSR count). The molecule has 1 aliphatic rings. The van der Waals surface area contributed by atoms with E-state index in [9.17, 15) is 19.8 Å². The van der Waals surface area contributed by atoms with E-state index in [2.05, 4.69) is 25.8 Å². The number of nitrogens with one attached hydrogen (secondary N) is 1. The fraction of sp³-hybridized carbons (Fsp3) is 0.765. The van der Waals surface area contributed by atoms with E-state index < -0.39 is 56.8 Å². The quantitative estimate of drug-likeness (QED) is 0.581. The third-order valence-electron chi connectivity index (χ3n) is 5.61. The standard InChI is InChI=1S/C17H30N2O7Si/c1-16(2,3)27(5,6)26-13-12(24-4)14(25-17(13,9-20)10-21)19-8-7-11(22)18-15(19)23/h7-8,12-14,20-21H,9-10H2,1-6H3,(H,18,22,23)/t12-,13+,14-/m1/s1. The predicted molar refractivity (Wildman–Crippen MR) is 101 cm³/mol. The second-order valence-corrected chi connectivity index (χ2v) is 13.2. The van der Waals surface area contributed by atoms with E-state index in [1.54, 1.807) is 0 Å². The number of rotatable bonds is 6. The molecule has 0 saturated carbocycles. The highest BCUT2D eigenvalue weighted by Gasteiger charge is 2.59. The number of hydrogen-bond donors (Lipinski definition) is 3. The number of hydrogen-bond acceptors (Lipinski definition) is 7. The van der Waals surface area contributed by atoms with Crippen molar-refractivity contribution in [3.05, 3.63) is 33.1 Å². The van der Waals surface area contributed by atoms with Gasteiger partial charge in [-0.1, -0.05) is 20.8 Å². The van der Waals surface area contributed by atoms with Gasteiger partial charge in [0.2, 0.25) is 0 Å². The number of aliphatic hydroxyl groups is 2. The summed E-state index contributed by atoms with van der Waals surface area (Å²) in [5.41, 5.74) is -2.66. The van der Waals surface area contributed by atoms with E-state index in [4.69, 9.17) is 13.9 Å². The van der Waals surface area contributed by atoms with Gasteiger partial charge >= 0.3 is 5.69 Å². The minimum atomic E-state index is -2.33. The molecular formula is C17H30N2O7Si. The maximum Gasteiger partial charge on any atom is 0.330 e. The number of ether oxygens (including phenoxy) is 2. The summed E-state index contributed by atoms with van der Waals surface area (Å²) in [6.45, 7) is 9.26. The molecule has 0 spiro atoms. The van der Waals surface area contributed by atoms with Gasteiger partial charge in [-0.3, -0.25) is 14.3 Å². The summed E-state index contributed by atoms with van der Waals surface area (Å²) in [7, 11) is -0.881. The Morgan fingerprint density at radius 1 is 1.30 bits per heavy atom. The Hall–Kier alpha value is -1.30. The van der Waals surface area contributed by atoms with E-state index >= 15 is 0 Å². The van der Waals surface area contributed by atoms with Crippen molar-refractivity contribution < 1.29 is 24.1 Å². The summed E-state index contributed by atoms with van der Waals surface area (Å²) >= 11 is 0. The summed E-state index contributed by atoms with van der Waals surface area (Å²) < 4.78 is 19.2. The minimum Gasteiger partial charge on any atom is -0.408 e. The molecular weight excluding hydrogens is 372 g/mol. The summed E-state index contributed by atoms with van der Waals surface area (Å²) in [5.74, 6) is 0. The van der Waals surface area contributed by atoms with Crippen LogP contribution in [0.2, 0.25) is 18.1 Å². The Labute approximate surface area is 159 Å². The van der Waals surface area contributed by atoms with Crippen LogP contribution in [0.15, 0.2) is 21.9 Å². The lowest BCUT2D eigenvalue weighted by Crippen LogP contribution is -2.57. The lowest BCUT2D eigenvalue weighted by Gasteiger charge is -2.42. The first-order valence-electron chi connectivity index (χ1n) is 8.84. The highest BCUT2D eigenvalue weighted by Crippen LogP contribution is 2.45. The van der Waals surface area contributed by atoms with Gasteiger partial charge < -0.3 is 24.1 Å². The molecule has 27 heavy (non-hydrogen) atoms. The molecule has 3 atom stereocenters. The van der Waals surface area contributed by atoms with E-state index in [1.165, 1.54) is 23.9 Å². The van der Waals surface area contributed by atoms with Crippen LogP contribution in [0.4, 0.5) is 0 Å². The molecule has 1 fully saturated rings. The Morgan fingerprint density at radius 2 is 1.89 bits per heavy atom. The average Bonchev–Trinajstić information content (AvgIpc) is 2.87. The van der Waals surface area contributed by atoms with Crippen molar-refractivity contribution in [3.8, 4) is 0 Å². The zero-order valence-corrected chi connectivity index (χ0v) is 17.7. The van der Waals surface area contributed by atoms with E-state index in [-0.39, 0.29) is 5.04 Å². The number of nitrogens with zero attached hydrogens (tertiary/aromatic N) is 1. The molecule has 1 saturated heterocycles. The molecule has 9 nitrogen and oxygen atoms in total. The topological polar surface area (TPSA) is 123 Å². The fourth-order valence-electron chi connectivity index (χ4n) is 2.88. The normalized spacial score (nSPS) is 25.7. The molecule has 1 aromatic heterocycles.